The van der Waals surface area contributed by atoms with Gasteiger partial charge in [-0.3, -0.25) is 5.32 Å². The fraction of sp³-hybridized carbons (Fsp3) is 0.219. The molecular formula is C32H32N8O2S. The number of rotatable bonds is 8. The first-order valence-electron chi connectivity index (χ1n) is 14.1. The van der Waals surface area contributed by atoms with Crippen molar-refractivity contribution in [1.29, 1.82) is 0 Å². The highest BCUT2D eigenvalue weighted by Crippen LogP contribution is 2.33. The summed E-state index contributed by atoms with van der Waals surface area (Å²) in [6.45, 7) is 6.17. The number of carbonyl (C=O) groups excluding carboxylic acids is 1. The first-order valence-corrected chi connectivity index (χ1v) is 14.9. The SMILES string of the molecule is Cc1cc(NC(=O)Nc2nccs2)ccc1Oc1ncccc1-c1ccnc(Cc2ccc(N3CCN(C)CC3)cc2)n1. The van der Waals surface area contributed by atoms with Gasteiger partial charge in [0.25, 0.3) is 0 Å². The summed E-state index contributed by atoms with van der Waals surface area (Å²) in [5.74, 6) is 1.79. The van der Waals surface area contributed by atoms with Crippen LogP contribution >= 0.6 is 11.3 Å². The Labute approximate surface area is 254 Å². The van der Waals surface area contributed by atoms with E-state index in [1.807, 2.05) is 37.3 Å². The highest BCUT2D eigenvalue weighted by molar-refractivity contribution is 7.13. The number of anilines is 3. The van der Waals surface area contributed by atoms with E-state index in [9.17, 15) is 4.79 Å². The molecule has 6 rings (SSSR count). The third-order valence-corrected chi connectivity index (χ3v) is 7.90. The van der Waals surface area contributed by atoms with Crippen LogP contribution in [0.5, 0.6) is 11.6 Å². The maximum absolute atomic E-state index is 12.3. The highest BCUT2D eigenvalue weighted by Gasteiger charge is 2.16. The highest BCUT2D eigenvalue weighted by atomic mass is 32.1. The van der Waals surface area contributed by atoms with Crippen molar-refractivity contribution in [3.8, 4) is 22.9 Å². The molecule has 2 amide bonds. The normalized spacial score (nSPS) is 13.5. The second kappa shape index (κ2) is 13.0. The van der Waals surface area contributed by atoms with Gasteiger partial charge in [-0.05, 0) is 73.6 Å². The van der Waals surface area contributed by atoms with Gasteiger partial charge in [0.1, 0.15) is 11.6 Å². The minimum Gasteiger partial charge on any atom is -0.438 e. The molecule has 10 nitrogen and oxygen atoms in total. The number of nitrogens with zero attached hydrogens (tertiary/aromatic N) is 6. The molecule has 0 atom stereocenters. The van der Waals surface area contributed by atoms with Crippen LogP contribution in [-0.2, 0) is 6.42 Å². The molecule has 1 aliphatic heterocycles. The minimum absolute atomic E-state index is 0.361. The van der Waals surface area contributed by atoms with Gasteiger partial charge in [-0.15, -0.1) is 11.3 Å². The van der Waals surface area contributed by atoms with Crippen LogP contribution in [0.3, 0.4) is 0 Å². The van der Waals surface area contributed by atoms with Crippen molar-refractivity contribution < 1.29 is 9.53 Å². The lowest BCUT2D eigenvalue weighted by Crippen LogP contribution is -2.44. The molecule has 0 aliphatic carbocycles. The number of urea groups is 1. The van der Waals surface area contributed by atoms with E-state index in [2.05, 4.69) is 66.7 Å². The average Bonchev–Trinajstić information content (AvgIpc) is 3.53. The molecule has 1 fully saturated rings. The number of piperazine rings is 1. The number of ether oxygens (including phenoxy) is 1. The number of likely N-dealkylation sites (N-methyl/N-ethyl adjacent to an activating group) is 1. The van der Waals surface area contributed by atoms with E-state index in [4.69, 9.17) is 9.72 Å². The van der Waals surface area contributed by atoms with Crippen LogP contribution in [0.1, 0.15) is 17.0 Å². The van der Waals surface area contributed by atoms with Crippen LogP contribution in [0.4, 0.5) is 21.3 Å². The molecular weight excluding hydrogens is 560 g/mol. The van der Waals surface area contributed by atoms with E-state index in [0.29, 0.717) is 28.9 Å². The number of hydrogen-bond donors (Lipinski definition) is 2. The zero-order chi connectivity index (χ0) is 29.6. The summed E-state index contributed by atoms with van der Waals surface area (Å²) < 4.78 is 6.26. The molecule has 3 aromatic heterocycles. The molecule has 43 heavy (non-hydrogen) atoms. The van der Waals surface area contributed by atoms with Crippen molar-refractivity contribution >= 4 is 33.9 Å². The summed E-state index contributed by atoms with van der Waals surface area (Å²) in [7, 11) is 2.17. The first-order chi connectivity index (χ1) is 21.0. The lowest BCUT2D eigenvalue weighted by Gasteiger charge is -2.34. The van der Waals surface area contributed by atoms with Gasteiger partial charge in [0.15, 0.2) is 5.13 Å². The molecule has 218 valence electrons. The molecule has 1 saturated heterocycles. The molecule has 0 radical (unpaired) electrons. The summed E-state index contributed by atoms with van der Waals surface area (Å²) in [5, 5.41) is 7.86. The number of aryl methyl sites for hydroxylation is 1. The molecule has 11 heteroatoms. The number of carbonyl (C=O) groups is 1. The van der Waals surface area contributed by atoms with Gasteiger partial charge in [-0.25, -0.2) is 24.7 Å². The fourth-order valence-electron chi connectivity index (χ4n) is 4.86. The summed E-state index contributed by atoms with van der Waals surface area (Å²) in [6.07, 6.45) is 5.72. The second-order valence-corrected chi connectivity index (χ2v) is 11.2. The fourth-order valence-corrected chi connectivity index (χ4v) is 5.39. The summed E-state index contributed by atoms with van der Waals surface area (Å²) in [4.78, 5) is 35.0. The molecule has 0 saturated carbocycles. The molecule has 0 spiro atoms. The van der Waals surface area contributed by atoms with Crippen molar-refractivity contribution in [3.63, 3.8) is 0 Å². The Morgan fingerprint density at radius 1 is 0.930 bits per heavy atom. The zero-order valence-electron chi connectivity index (χ0n) is 24.0. The van der Waals surface area contributed by atoms with Gasteiger partial charge in [-0.1, -0.05) is 12.1 Å². The summed E-state index contributed by atoms with van der Waals surface area (Å²) in [6, 6.07) is 19.4. The van der Waals surface area contributed by atoms with Gasteiger partial charge < -0.3 is 19.9 Å². The minimum atomic E-state index is -0.361. The van der Waals surface area contributed by atoms with E-state index in [1.165, 1.54) is 17.0 Å². The standard InChI is InChI=1S/C32H32N8O2S/c1-22-20-24(36-31(41)38-32-35-14-19-43-32)7-10-28(22)42-30-26(4-3-12-34-30)27-11-13-33-29(37-27)21-23-5-8-25(9-6-23)40-17-15-39(2)16-18-40/h3-14,19-20H,15-18,21H2,1-2H3,(H2,35,36,38,41). The van der Waals surface area contributed by atoms with Gasteiger partial charge >= 0.3 is 6.03 Å². The number of thiazole rings is 1. The predicted octanol–water partition coefficient (Wildman–Crippen LogP) is 6.08. The van der Waals surface area contributed by atoms with Crippen molar-refractivity contribution in [3.05, 3.63) is 102 Å². The summed E-state index contributed by atoms with van der Waals surface area (Å²) >= 11 is 1.35. The Morgan fingerprint density at radius 3 is 2.53 bits per heavy atom. The lowest BCUT2D eigenvalue weighted by molar-refractivity contribution is 0.262. The van der Waals surface area contributed by atoms with Crippen molar-refractivity contribution in [2.75, 3.05) is 48.8 Å². The van der Waals surface area contributed by atoms with E-state index in [0.717, 1.165) is 54.4 Å². The average molecular weight is 593 g/mol. The molecule has 0 unspecified atom stereocenters. The Balaban J connectivity index is 1.13. The Morgan fingerprint density at radius 2 is 1.77 bits per heavy atom. The Kier molecular flexibility index (Phi) is 8.52. The molecule has 1 aliphatic rings. The number of aromatic nitrogens is 4. The molecule has 5 aromatic rings. The smallest absolute Gasteiger partial charge is 0.325 e. The van der Waals surface area contributed by atoms with Gasteiger partial charge in [0, 0.05) is 67.9 Å². The summed E-state index contributed by atoms with van der Waals surface area (Å²) in [5.41, 5.74) is 5.38. The van der Waals surface area contributed by atoms with E-state index < -0.39 is 0 Å². The maximum atomic E-state index is 12.3. The van der Waals surface area contributed by atoms with Crippen LogP contribution in [0.2, 0.25) is 0 Å². The van der Waals surface area contributed by atoms with Crippen molar-refractivity contribution in [2.24, 2.45) is 0 Å². The monoisotopic (exact) mass is 592 g/mol. The topological polar surface area (TPSA) is 108 Å². The van der Waals surface area contributed by atoms with Crippen LogP contribution in [0.25, 0.3) is 11.3 Å². The predicted molar refractivity (Wildman–Crippen MR) is 170 cm³/mol. The van der Waals surface area contributed by atoms with Gasteiger partial charge in [0.2, 0.25) is 5.88 Å². The Hall–Kier alpha value is -4.87. The van der Waals surface area contributed by atoms with Crippen molar-refractivity contribution in [2.45, 2.75) is 13.3 Å². The molecule has 0 bridgehead atoms. The quantitative estimate of drug-likeness (QED) is 0.223. The van der Waals surface area contributed by atoms with Crippen molar-refractivity contribution in [1.82, 2.24) is 24.8 Å². The second-order valence-electron chi connectivity index (χ2n) is 10.3. The largest absolute Gasteiger partial charge is 0.438 e. The first kappa shape index (κ1) is 28.3. The number of nitrogens with one attached hydrogen (secondary N) is 2. The molecule has 4 heterocycles. The molecule has 2 aromatic carbocycles. The Bertz CT molecular complexity index is 1690. The van der Waals surface area contributed by atoms with Crippen LogP contribution in [-0.4, -0.2) is 64.1 Å². The van der Waals surface area contributed by atoms with Crippen LogP contribution in [0.15, 0.2) is 84.6 Å². The van der Waals surface area contributed by atoms with Crippen LogP contribution in [0, 0.1) is 6.92 Å². The maximum Gasteiger partial charge on any atom is 0.325 e. The molecule has 2 N–H and O–H groups in total. The van der Waals surface area contributed by atoms with E-state index in [1.54, 1.807) is 30.0 Å². The number of amides is 2. The van der Waals surface area contributed by atoms with E-state index in [-0.39, 0.29) is 6.03 Å². The third kappa shape index (κ3) is 7.14. The number of pyridine rings is 1. The number of hydrogen-bond acceptors (Lipinski definition) is 9. The lowest BCUT2D eigenvalue weighted by atomic mass is 10.1. The van der Waals surface area contributed by atoms with E-state index >= 15 is 0 Å². The third-order valence-electron chi connectivity index (χ3n) is 7.21. The van der Waals surface area contributed by atoms with Gasteiger partial charge in [0.05, 0.1) is 11.3 Å². The van der Waals surface area contributed by atoms with Gasteiger partial charge in [-0.2, -0.15) is 0 Å². The van der Waals surface area contributed by atoms with Crippen LogP contribution < -0.4 is 20.3 Å². The zero-order valence-corrected chi connectivity index (χ0v) is 24.8. The number of benzene rings is 2.